The smallest absolute Gasteiger partial charge is 0.291 e. The fourth-order valence-electron chi connectivity index (χ4n) is 3.65. The van der Waals surface area contributed by atoms with E-state index in [2.05, 4.69) is 10.4 Å². The van der Waals surface area contributed by atoms with Gasteiger partial charge in [-0.15, -0.1) is 11.8 Å². The quantitative estimate of drug-likeness (QED) is 0.450. The van der Waals surface area contributed by atoms with Crippen LogP contribution < -0.4 is 15.6 Å². The summed E-state index contributed by atoms with van der Waals surface area (Å²) in [5.74, 6) is 1.14. The Morgan fingerprint density at radius 2 is 1.94 bits per heavy atom. The standard InChI is InChI=1S/C23H24N4O3S/c1-4-21-25-26(14-22(28)24-13-15-8-10-16(31-3)11-9-15)23(29)19-12-17-18(27(19)21)6-5-7-20(17)30-2/h5-12H,4,13-14H2,1-3H3,(H,24,28). The number of rotatable bonds is 7. The highest BCUT2D eigenvalue weighted by molar-refractivity contribution is 7.98. The number of carbonyl (C=O) groups is 1. The van der Waals surface area contributed by atoms with E-state index in [1.807, 2.05) is 60.0 Å². The number of fused-ring (bicyclic) bond motifs is 3. The molecule has 0 fully saturated rings. The minimum atomic E-state index is -0.310. The molecule has 0 bridgehead atoms. The van der Waals surface area contributed by atoms with Crippen molar-refractivity contribution in [3.05, 3.63) is 70.3 Å². The Balaban J connectivity index is 1.62. The monoisotopic (exact) mass is 436 g/mol. The lowest BCUT2D eigenvalue weighted by Crippen LogP contribution is -2.35. The Hall–Kier alpha value is -3.26. The number of thioether (sulfide) groups is 1. The van der Waals surface area contributed by atoms with Gasteiger partial charge in [-0.25, -0.2) is 4.68 Å². The van der Waals surface area contributed by atoms with Crippen LogP contribution in [0.5, 0.6) is 5.75 Å². The van der Waals surface area contributed by atoms with Gasteiger partial charge in [-0.2, -0.15) is 5.10 Å². The molecule has 0 aliphatic rings. The van der Waals surface area contributed by atoms with Gasteiger partial charge in [-0.3, -0.25) is 14.0 Å². The van der Waals surface area contributed by atoms with Crippen molar-refractivity contribution in [3.63, 3.8) is 0 Å². The van der Waals surface area contributed by atoms with Gasteiger partial charge in [-0.1, -0.05) is 25.1 Å². The Bertz CT molecular complexity index is 1310. The van der Waals surface area contributed by atoms with Crippen molar-refractivity contribution < 1.29 is 9.53 Å². The summed E-state index contributed by atoms with van der Waals surface area (Å²) in [6, 6.07) is 15.5. The average molecular weight is 437 g/mol. The Kier molecular flexibility index (Phi) is 5.99. The van der Waals surface area contributed by atoms with Gasteiger partial charge in [0.2, 0.25) is 5.91 Å². The van der Waals surface area contributed by atoms with E-state index in [0.717, 1.165) is 16.5 Å². The zero-order valence-electron chi connectivity index (χ0n) is 17.7. The zero-order valence-corrected chi connectivity index (χ0v) is 18.5. The van der Waals surface area contributed by atoms with E-state index in [1.54, 1.807) is 24.9 Å². The summed E-state index contributed by atoms with van der Waals surface area (Å²) in [7, 11) is 1.60. The van der Waals surface area contributed by atoms with E-state index in [-0.39, 0.29) is 18.0 Å². The first-order valence-electron chi connectivity index (χ1n) is 10.0. The Morgan fingerprint density at radius 3 is 2.61 bits per heavy atom. The van der Waals surface area contributed by atoms with Crippen molar-refractivity contribution in [2.24, 2.45) is 0 Å². The van der Waals surface area contributed by atoms with E-state index in [9.17, 15) is 9.59 Å². The van der Waals surface area contributed by atoms with Gasteiger partial charge in [0, 0.05) is 23.2 Å². The number of carbonyl (C=O) groups excluding carboxylic acids is 1. The van der Waals surface area contributed by atoms with E-state index >= 15 is 0 Å². The van der Waals surface area contributed by atoms with Crippen molar-refractivity contribution in [3.8, 4) is 5.75 Å². The molecule has 2 aromatic heterocycles. The number of aryl methyl sites for hydroxylation is 1. The second kappa shape index (κ2) is 8.85. The fourth-order valence-corrected chi connectivity index (χ4v) is 4.06. The summed E-state index contributed by atoms with van der Waals surface area (Å²) < 4.78 is 8.54. The van der Waals surface area contributed by atoms with E-state index in [0.29, 0.717) is 30.1 Å². The van der Waals surface area contributed by atoms with E-state index < -0.39 is 0 Å². The van der Waals surface area contributed by atoms with E-state index in [1.165, 1.54) is 9.58 Å². The molecule has 0 saturated carbocycles. The first-order valence-corrected chi connectivity index (χ1v) is 11.3. The van der Waals surface area contributed by atoms with Crippen molar-refractivity contribution >= 4 is 34.1 Å². The van der Waals surface area contributed by atoms with Crippen LogP contribution in [-0.4, -0.2) is 33.5 Å². The SMILES string of the molecule is CCc1nn(CC(=O)NCc2ccc(SC)cc2)c(=O)c2cc3c(OC)cccc3n12. The molecule has 2 aromatic carbocycles. The third kappa shape index (κ3) is 4.03. The number of nitrogens with zero attached hydrogens (tertiary/aromatic N) is 3. The predicted octanol–water partition coefficient (Wildman–Crippen LogP) is 3.26. The number of hydrogen-bond donors (Lipinski definition) is 1. The van der Waals surface area contributed by atoms with Gasteiger partial charge < -0.3 is 10.1 Å². The highest BCUT2D eigenvalue weighted by Gasteiger charge is 2.17. The van der Waals surface area contributed by atoms with Crippen LogP contribution in [0.4, 0.5) is 0 Å². The van der Waals surface area contributed by atoms with Gasteiger partial charge in [0.05, 0.1) is 12.6 Å². The molecule has 31 heavy (non-hydrogen) atoms. The van der Waals surface area contributed by atoms with Crippen LogP contribution in [0.25, 0.3) is 16.4 Å². The molecule has 0 saturated heterocycles. The number of benzene rings is 2. The first kappa shape index (κ1) is 21.0. The molecular weight excluding hydrogens is 412 g/mol. The van der Waals surface area contributed by atoms with Crippen LogP contribution in [0.2, 0.25) is 0 Å². The van der Waals surface area contributed by atoms with Crippen LogP contribution in [0.3, 0.4) is 0 Å². The minimum Gasteiger partial charge on any atom is -0.496 e. The molecule has 160 valence electrons. The summed E-state index contributed by atoms with van der Waals surface area (Å²) in [5, 5.41) is 8.19. The molecular formula is C23H24N4O3S. The average Bonchev–Trinajstić information content (AvgIpc) is 3.20. The molecule has 7 nitrogen and oxygen atoms in total. The van der Waals surface area contributed by atoms with Crippen LogP contribution in [0.1, 0.15) is 18.3 Å². The third-order valence-electron chi connectivity index (χ3n) is 5.23. The second-order valence-corrected chi connectivity index (χ2v) is 8.00. The molecule has 0 radical (unpaired) electrons. The molecule has 4 rings (SSSR count). The lowest BCUT2D eigenvalue weighted by Gasteiger charge is -2.11. The maximum absolute atomic E-state index is 13.1. The van der Waals surface area contributed by atoms with E-state index in [4.69, 9.17) is 4.74 Å². The fraction of sp³-hybridized carbons (Fsp3) is 0.261. The highest BCUT2D eigenvalue weighted by Crippen LogP contribution is 2.28. The van der Waals surface area contributed by atoms with Gasteiger partial charge in [-0.05, 0) is 42.2 Å². The zero-order chi connectivity index (χ0) is 22.0. The summed E-state index contributed by atoms with van der Waals surface area (Å²) >= 11 is 1.67. The number of aromatic nitrogens is 3. The van der Waals surface area contributed by atoms with Crippen molar-refractivity contribution in [2.75, 3.05) is 13.4 Å². The molecule has 1 N–H and O–H groups in total. The molecule has 2 heterocycles. The van der Waals surface area contributed by atoms with Crippen LogP contribution in [0, 0.1) is 0 Å². The lowest BCUT2D eigenvalue weighted by molar-refractivity contribution is -0.122. The number of nitrogens with one attached hydrogen (secondary N) is 1. The lowest BCUT2D eigenvalue weighted by atomic mass is 10.2. The summed E-state index contributed by atoms with van der Waals surface area (Å²) in [4.78, 5) is 26.8. The molecule has 0 atom stereocenters. The number of methoxy groups -OCH3 is 1. The van der Waals surface area contributed by atoms with Gasteiger partial charge in [0.1, 0.15) is 23.6 Å². The molecule has 0 unspecified atom stereocenters. The maximum Gasteiger partial charge on any atom is 0.291 e. The van der Waals surface area contributed by atoms with Gasteiger partial charge in [0.25, 0.3) is 5.56 Å². The van der Waals surface area contributed by atoms with Crippen LogP contribution >= 0.6 is 11.8 Å². The second-order valence-electron chi connectivity index (χ2n) is 7.12. The molecule has 4 aromatic rings. The Morgan fingerprint density at radius 1 is 1.16 bits per heavy atom. The summed E-state index contributed by atoms with van der Waals surface area (Å²) in [6.45, 7) is 2.24. The summed E-state index contributed by atoms with van der Waals surface area (Å²) in [6.07, 6.45) is 2.63. The maximum atomic E-state index is 13.1. The van der Waals surface area contributed by atoms with Crippen LogP contribution in [-0.2, 0) is 24.3 Å². The molecule has 8 heteroatoms. The van der Waals surface area contributed by atoms with Crippen molar-refractivity contribution in [1.29, 1.82) is 0 Å². The molecule has 0 aliphatic carbocycles. The minimum absolute atomic E-state index is 0.135. The number of hydrogen-bond acceptors (Lipinski definition) is 5. The topological polar surface area (TPSA) is 77.6 Å². The third-order valence-corrected chi connectivity index (χ3v) is 5.98. The van der Waals surface area contributed by atoms with Gasteiger partial charge in [0.15, 0.2) is 0 Å². The molecule has 0 aliphatic heterocycles. The molecule has 1 amide bonds. The normalized spacial score (nSPS) is 11.2. The van der Waals surface area contributed by atoms with Crippen molar-refractivity contribution in [1.82, 2.24) is 19.5 Å². The van der Waals surface area contributed by atoms with Crippen molar-refractivity contribution in [2.45, 2.75) is 31.3 Å². The number of amides is 1. The first-order chi connectivity index (χ1) is 15.0. The summed E-state index contributed by atoms with van der Waals surface area (Å²) in [5.41, 5.74) is 2.03. The Labute approximate surface area is 184 Å². The highest BCUT2D eigenvalue weighted by atomic mass is 32.2. The van der Waals surface area contributed by atoms with Crippen LogP contribution in [0.15, 0.2) is 58.2 Å². The van der Waals surface area contributed by atoms with Gasteiger partial charge >= 0.3 is 0 Å². The number of ether oxygens (including phenoxy) is 1. The largest absolute Gasteiger partial charge is 0.496 e. The molecule has 0 spiro atoms. The predicted molar refractivity (Wildman–Crippen MR) is 123 cm³/mol.